The van der Waals surface area contributed by atoms with Gasteiger partial charge in [0, 0.05) is 31.7 Å². The molecule has 10 nitrogen and oxygen atoms in total. The van der Waals surface area contributed by atoms with Crippen molar-refractivity contribution in [3.63, 3.8) is 0 Å². The van der Waals surface area contributed by atoms with E-state index in [-0.39, 0.29) is 11.8 Å². The number of hydrogen-bond acceptors (Lipinski definition) is 9. The Kier molecular flexibility index (Phi) is 8.73. The maximum Gasteiger partial charge on any atom is 0.241 e. The Morgan fingerprint density at radius 3 is 2.76 bits per heavy atom. The fourth-order valence-corrected chi connectivity index (χ4v) is 4.50. The first-order chi connectivity index (χ1) is 16.7. The molecule has 10 heteroatoms. The maximum absolute atomic E-state index is 12.7. The van der Waals surface area contributed by atoms with Crippen molar-refractivity contribution in [2.75, 3.05) is 66.7 Å². The van der Waals surface area contributed by atoms with Gasteiger partial charge < -0.3 is 24.1 Å². The molecule has 0 radical (unpaired) electrons. The molecule has 0 bridgehead atoms. The summed E-state index contributed by atoms with van der Waals surface area (Å²) in [7, 11) is 3.19. The molecule has 1 amide bonds. The first kappa shape index (κ1) is 24.4. The van der Waals surface area contributed by atoms with Crippen LogP contribution in [0.2, 0.25) is 0 Å². The lowest BCUT2D eigenvalue weighted by Crippen LogP contribution is -2.43. The molecule has 2 aromatic rings. The average molecular weight is 474 g/mol. The molecule has 186 valence electrons. The number of hydrogen-bond donors (Lipinski definition) is 1. The minimum atomic E-state index is -0.00891. The summed E-state index contributed by atoms with van der Waals surface area (Å²) in [4.78, 5) is 21.9. The summed E-state index contributed by atoms with van der Waals surface area (Å²) >= 11 is 0. The van der Waals surface area contributed by atoms with Gasteiger partial charge in [0.1, 0.15) is 0 Å². The number of ether oxygens (including phenoxy) is 3. The van der Waals surface area contributed by atoms with Crippen molar-refractivity contribution in [1.29, 1.82) is 0 Å². The van der Waals surface area contributed by atoms with Crippen molar-refractivity contribution >= 4 is 5.91 Å². The van der Waals surface area contributed by atoms with E-state index in [1.165, 1.54) is 0 Å². The number of likely N-dealkylation sites (tertiary alicyclic amines) is 1. The van der Waals surface area contributed by atoms with Crippen LogP contribution in [0.5, 0.6) is 11.5 Å². The van der Waals surface area contributed by atoms with E-state index in [0.29, 0.717) is 42.8 Å². The number of piperidine rings is 1. The van der Waals surface area contributed by atoms with Crippen LogP contribution in [0.3, 0.4) is 0 Å². The molecule has 2 aliphatic heterocycles. The van der Waals surface area contributed by atoms with Gasteiger partial charge in [0.15, 0.2) is 11.5 Å². The SMILES string of the molecule is COc1ccc(-c2noc(CN3CCC[C@H](C(=O)NCCCN4CCOCC4)C3)n2)cc1OC. The highest BCUT2D eigenvalue weighted by molar-refractivity contribution is 5.78. The molecule has 0 spiro atoms. The molecule has 4 rings (SSSR count). The molecular formula is C24H35N5O5. The molecule has 3 heterocycles. The first-order valence-electron chi connectivity index (χ1n) is 12.0. The predicted molar refractivity (Wildman–Crippen MR) is 126 cm³/mol. The van der Waals surface area contributed by atoms with Crippen LogP contribution < -0.4 is 14.8 Å². The Hall–Kier alpha value is -2.69. The zero-order chi connectivity index (χ0) is 23.8. The number of aromatic nitrogens is 2. The van der Waals surface area contributed by atoms with Gasteiger partial charge in [0.2, 0.25) is 17.6 Å². The van der Waals surface area contributed by atoms with E-state index in [1.807, 2.05) is 18.2 Å². The van der Waals surface area contributed by atoms with Gasteiger partial charge in [-0.05, 0) is 50.6 Å². The summed E-state index contributed by atoms with van der Waals surface area (Å²) in [6.07, 6.45) is 2.85. The number of nitrogens with one attached hydrogen (secondary N) is 1. The van der Waals surface area contributed by atoms with Gasteiger partial charge in [-0.25, -0.2) is 0 Å². The van der Waals surface area contributed by atoms with E-state index in [0.717, 1.165) is 64.2 Å². The fourth-order valence-electron chi connectivity index (χ4n) is 4.50. The van der Waals surface area contributed by atoms with Gasteiger partial charge in [-0.1, -0.05) is 5.16 Å². The van der Waals surface area contributed by atoms with Crippen LogP contribution in [-0.2, 0) is 16.1 Å². The maximum atomic E-state index is 12.7. The number of rotatable bonds is 10. The fraction of sp³-hybridized carbons (Fsp3) is 0.625. The third-order valence-electron chi connectivity index (χ3n) is 6.40. The number of nitrogens with zero attached hydrogens (tertiary/aromatic N) is 4. The van der Waals surface area contributed by atoms with Crippen molar-refractivity contribution < 1.29 is 23.5 Å². The van der Waals surface area contributed by atoms with Crippen LogP contribution in [0.4, 0.5) is 0 Å². The molecule has 34 heavy (non-hydrogen) atoms. The first-order valence-corrected chi connectivity index (χ1v) is 12.0. The molecular weight excluding hydrogens is 438 g/mol. The molecule has 2 saturated heterocycles. The lowest BCUT2D eigenvalue weighted by atomic mass is 9.97. The largest absolute Gasteiger partial charge is 0.493 e. The van der Waals surface area contributed by atoms with Crippen LogP contribution in [-0.4, -0.2) is 92.5 Å². The lowest BCUT2D eigenvalue weighted by Gasteiger charge is -2.31. The van der Waals surface area contributed by atoms with E-state index in [2.05, 4.69) is 25.3 Å². The summed E-state index contributed by atoms with van der Waals surface area (Å²) in [5, 5.41) is 7.25. The third-order valence-corrected chi connectivity index (χ3v) is 6.40. The van der Waals surface area contributed by atoms with Crippen molar-refractivity contribution in [1.82, 2.24) is 25.3 Å². The molecule has 2 fully saturated rings. The number of carbonyl (C=O) groups is 1. The molecule has 0 saturated carbocycles. The van der Waals surface area contributed by atoms with E-state index in [9.17, 15) is 4.79 Å². The highest BCUT2D eigenvalue weighted by Crippen LogP contribution is 2.31. The number of carbonyl (C=O) groups excluding carboxylic acids is 1. The van der Waals surface area contributed by atoms with Gasteiger partial charge in [0.05, 0.1) is 39.9 Å². The van der Waals surface area contributed by atoms with Gasteiger partial charge in [-0.3, -0.25) is 14.6 Å². The quantitative estimate of drug-likeness (QED) is 0.518. The highest BCUT2D eigenvalue weighted by atomic mass is 16.5. The molecule has 0 unspecified atom stereocenters. The predicted octanol–water partition coefficient (Wildman–Crippen LogP) is 1.80. The van der Waals surface area contributed by atoms with Crippen molar-refractivity contribution in [2.24, 2.45) is 5.92 Å². The van der Waals surface area contributed by atoms with Gasteiger partial charge >= 0.3 is 0 Å². The second-order valence-corrected chi connectivity index (χ2v) is 8.75. The summed E-state index contributed by atoms with van der Waals surface area (Å²) in [6.45, 7) is 7.43. The van der Waals surface area contributed by atoms with E-state index >= 15 is 0 Å². The second kappa shape index (κ2) is 12.1. The summed E-state index contributed by atoms with van der Waals surface area (Å²) < 4.78 is 21.5. The Morgan fingerprint density at radius 2 is 1.97 bits per heavy atom. The summed E-state index contributed by atoms with van der Waals surface area (Å²) in [5.74, 6) is 2.43. The van der Waals surface area contributed by atoms with Gasteiger partial charge in [-0.15, -0.1) is 0 Å². The number of benzene rings is 1. The van der Waals surface area contributed by atoms with Gasteiger partial charge in [-0.2, -0.15) is 4.98 Å². The van der Waals surface area contributed by atoms with Gasteiger partial charge in [0.25, 0.3) is 0 Å². The van der Waals surface area contributed by atoms with Crippen LogP contribution in [0.1, 0.15) is 25.2 Å². The zero-order valence-electron chi connectivity index (χ0n) is 20.1. The van der Waals surface area contributed by atoms with Crippen molar-refractivity contribution in [3.8, 4) is 22.9 Å². The molecule has 1 atom stereocenters. The Bertz CT molecular complexity index is 930. The molecule has 1 N–H and O–H groups in total. The van der Waals surface area contributed by atoms with Crippen molar-refractivity contribution in [3.05, 3.63) is 24.1 Å². The van der Waals surface area contributed by atoms with E-state index < -0.39 is 0 Å². The van der Waals surface area contributed by atoms with Crippen LogP contribution >= 0.6 is 0 Å². The van der Waals surface area contributed by atoms with Crippen LogP contribution in [0.15, 0.2) is 22.7 Å². The van der Waals surface area contributed by atoms with E-state index in [1.54, 1.807) is 14.2 Å². The molecule has 2 aliphatic rings. The normalized spacial score (nSPS) is 19.6. The topological polar surface area (TPSA) is 102 Å². The summed E-state index contributed by atoms with van der Waals surface area (Å²) in [5.41, 5.74) is 0.792. The Balaban J connectivity index is 1.24. The highest BCUT2D eigenvalue weighted by Gasteiger charge is 2.27. The molecule has 1 aromatic heterocycles. The van der Waals surface area contributed by atoms with Crippen LogP contribution in [0.25, 0.3) is 11.4 Å². The summed E-state index contributed by atoms with van der Waals surface area (Å²) in [6, 6.07) is 5.52. The standard InChI is InChI=1S/C24H35N5O5/c1-31-20-7-6-18(15-21(20)32-2)23-26-22(34-27-23)17-29-9-3-5-19(16-29)24(30)25-8-4-10-28-11-13-33-14-12-28/h6-7,15,19H,3-5,8-14,16-17H2,1-2H3,(H,25,30)/t19-/m0/s1. The Morgan fingerprint density at radius 1 is 1.15 bits per heavy atom. The average Bonchev–Trinajstić information content (AvgIpc) is 3.35. The number of morpholine rings is 1. The Labute approximate surface area is 200 Å². The van der Waals surface area contributed by atoms with E-state index in [4.69, 9.17) is 18.7 Å². The minimum Gasteiger partial charge on any atom is -0.493 e. The lowest BCUT2D eigenvalue weighted by molar-refractivity contribution is -0.126. The zero-order valence-corrected chi connectivity index (χ0v) is 20.1. The second-order valence-electron chi connectivity index (χ2n) is 8.75. The monoisotopic (exact) mass is 473 g/mol. The molecule has 0 aliphatic carbocycles. The smallest absolute Gasteiger partial charge is 0.241 e. The van der Waals surface area contributed by atoms with Crippen LogP contribution in [0, 0.1) is 5.92 Å². The van der Waals surface area contributed by atoms with Crippen molar-refractivity contribution in [2.45, 2.75) is 25.8 Å². The third kappa shape index (κ3) is 6.46. The minimum absolute atomic E-state index is 0.00891. The number of methoxy groups -OCH3 is 2. The number of amides is 1. The molecule has 1 aromatic carbocycles.